The van der Waals surface area contributed by atoms with Gasteiger partial charge in [0.15, 0.2) is 5.11 Å². The zero-order valence-electron chi connectivity index (χ0n) is 12.7. The van der Waals surface area contributed by atoms with Gasteiger partial charge >= 0.3 is 0 Å². The van der Waals surface area contributed by atoms with Gasteiger partial charge in [-0.3, -0.25) is 0 Å². The lowest BCUT2D eigenvalue weighted by Crippen LogP contribution is -2.31. The van der Waals surface area contributed by atoms with Gasteiger partial charge in [0, 0.05) is 4.47 Å². The summed E-state index contributed by atoms with van der Waals surface area (Å²) in [7, 11) is 0. The Bertz CT molecular complexity index is 703. The number of hydrogen-bond acceptors (Lipinski definition) is 1. The number of anilines is 1. The van der Waals surface area contributed by atoms with Gasteiger partial charge in [-0.05, 0) is 67.9 Å². The molecule has 22 heavy (non-hydrogen) atoms. The summed E-state index contributed by atoms with van der Waals surface area (Å²) in [6, 6.07) is 11.1. The van der Waals surface area contributed by atoms with Crippen molar-refractivity contribution in [1.29, 1.82) is 0 Å². The molecule has 1 atom stereocenters. The molecule has 2 rings (SSSR count). The van der Waals surface area contributed by atoms with E-state index in [-0.39, 0.29) is 11.9 Å². The molecule has 2 nitrogen and oxygen atoms in total. The first-order valence-corrected chi connectivity index (χ1v) is 8.16. The molecule has 0 fully saturated rings. The fourth-order valence-corrected chi connectivity index (χ4v) is 2.68. The summed E-state index contributed by atoms with van der Waals surface area (Å²) in [5, 5.41) is 6.46. The smallest absolute Gasteiger partial charge is 0.171 e. The third kappa shape index (κ3) is 4.27. The Balaban J connectivity index is 2.03. The zero-order chi connectivity index (χ0) is 16.3. The predicted octanol–water partition coefficient (Wildman–Crippen LogP) is 5.25. The molecular weight excluding hydrogens is 363 g/mol. The second kappa shape index (κ2) is 7.20. The Kier molecular flexibility index (Phi) is 5.53. The minimum atomic E-state index is -0.350. The van der Waals surface area contributed by atoms with E-state index in [1.54, 1.807) is 12.1 Å². The molecule has 0 saturated carbocycles. The Morgan fingerprint density at radius 1 is 1.14 bits per heavy atom. The third-order valence-corrected chi connectivity index (χ3v) is 4.27. The zero-order valence-corrected chi connectivity index (χ0v) is 15.1. The molecule has 0 aromatic heterocycles. The van der Waals surface area contributed by atoms with Crippen LogP contribution in [0.25, 0.3) is 0 Å². The number of halogens is 2. The number of nitrogens with one attached hydrogen (secondary N) is 2. The van der Waals surface area contributed by atoms with Crippen molar-refractivity contribution < 1.29 is 4.39 Å². The Morgan fingerprint density at radius 3 is 2.50 bits per heavy atom. The number of benzene rings is 2. The molecule has 0 aliphatic heterocycles. The van der Waals surface area contributed by atoms with Gasteiger partial charge in [0.25, 0.3) is 0 Å². The second-order valence-electron chi connectivity index (χ2n) is 5.29. The number of hydrogen-bond donors (Lipinski definition) is 2. The van der Waals surface area contributed by atoms with Gasteiger partial charge < -0.3 is 10.6 Å². The minimum Gasteiger partial charge on any atom is -0.356 e. The highest BCUT2D eigenvalue weighted by Gasteiger charge is 2.10. The highest BCUT2D eigenvalue weighted by molar-refractivity contribution is 9.10. The number of aryl methyl sites for hydroxylation is 2. The van der Waals surface area contributed by atoms with Crippen LogP contribution in [-0.2, 0) is 0 Å². The first-order valence-electron chi connectivity index (χ1n) is 6.96. The maximum absolute atomic E-state index is 13.8. The molecule has 0 aliphatic carbocycles. The van der Waals surface area contributed by atoms with Crippen molar-refractivity contribution in [2.45, 2.75) is 26.8 Å². The molecule has 0 unspecified atom stereocenters. The normalized spacial score (nSPS) is 11.9. The van der Waals surface area contributed by atoms with Crippen LogP contribution in [0.2, 0.25) is 0 Å². The standard InChI is InChI=1S/C17H18BrFN2S/c1-10-4-5-13(8-11(10)2)12(3)20-17(22)21-16-7-6-14(18)9-15(16)19/h4-9,12H,1-3H3,(H2,20,21,22)/t12-/m0/s1. The van der Waals surface area contributed by atoms with Gasteiger partial charge in [-0.2, -0.15) is 0 Å². The molecule has 0 amide bonds. The van der Waals surface area contributed by atoms with Gasteiger partial charge in [0.05, 0.1) is 11.7 Å². The summed E-state index contributed by atoms with van der Waals surface area (Å²) in [4.78, 5) is 0. The third-order valence-electron chi connectivity index (χ3n) is 3.56. The SMILES string of the molecule is Cc1ccc([C@H](C)NC(=S)Nc2ccc(Br)cc2F)cc1C. The van der Waals surface area contributed by atoms with Crippen LogP contribution in [0.3, 0.4) is 0 Å². The van der Waals surface area contributed by atoms with E-state index in [0.29, 0.717) is 15.3 Å². The van der Waals surface area contributed by atoms with E-state index in [1.165, 1.54) is 17.2 Å². The molecule has 2 N–H and O–H groups in total. The molecule has 0 aliphatic rings. The lowest BCUT2D eigenvalue weighted by molar-refractivity contribution is 0.631. The van der Waals surface area contributed by atoms with Gasteiger partial charge in [0.1, 0.15) is 5.82 Å². The average Bonchev–Trinajstić information content (AvgIpc) is 2.45. The number of rotatable bonds is 3. The van der Waals surface area contributed by atoms with E-state index in [0.717, 1.165) is 5.56 Å². The van der Waals surface area contributed by atoms with Crippen LogP contribution in [-0.4, -0.2) is 5.11 Å². The molecule has 5 heteroatoms. The van der Waals surface area contributed by atoms with Crippen molar-refractivity contribution in [2.24, 2.45) is 0 Å². The summed E-state index contributed by atoms with van der Waals surface area (Å²) >= 11 is 8.49. The van der Waals surface area contributed by atoms with Crippen LogP contribution in [0.1, 0.15) is 29.7 Å². The van der Waals surface area contributed by atoms with Crippen molar-refractivity contribution in [3.8, 4) is 0 Å². The van der Waals surface area contributed by atoms with E-state index in [9.17, 15) is 4.39 Å². The molecule has 0 heterocycles. The molecule has 116 valence electrons. The van der Waals surface area contributed by atoms with Crippen molar-refractivity contribution in [3.05, 3.63) is 63.4 Å². The van der Waals surface area contributed by atoms with Crippen LogP contribution in [0.5, 0.6) is 0 Å². The highest BCUT2D eigenvalue weighted by Crippen LogP contribution is 2.20. The van der Waals surface area contributed by atoms with Gasteiger partial charge in [-0.15, -0.1) is 0 Å². The van der Waals surface area contributed by atoms with Gasteiger partial charge in [0.2, 0.25) is 0 Å². The van der Waals surface area contributed by atoms with Gasteiger partial charge in [-0.1, -0.05) is 34.1 Å². The monoisotopic (exact) mass is 380 g/mol. The fraction of sp³-hybridized carbons (Fsp3) is 0.235. The van der Waals surface area contributed by atoms with E-state index in [4.69, 9.17) is 12.2 Å². The minimum absolute atomic E-state index is 0.0396. The first-order chi connectivity index (χ1) is 10.4. The molecule has 2 aromatic carbocycles. The molecule has 0 spiro atoms. The molecule has 0 bridgehead atoms. The largest absolute Gasteiger partial charge is 0.356 e. The van der Waals surface area contributed by atoms with E-state index < -0.39 is 0 Å². The van der Waals surface area contributed by atoms with Crippen LogP contribution in [0, 0.1) is 19.7 Å². The Morgan fingerprint density at radius 2 is 1.86 bits per heavy atom. The molecule has 2 aromatic rings. The second-order valence-corrected chi connectivity index (χ2v) is 6.61. The quantitative estimate of drug-likeness (QED) is 0.710. The van der Waals surface area contributed by atoms with E-state index in [2.05, 4.69) is 58.6 Å². The van der Waals surface area contributed by atoms with Crippen LogP contribution in [0.4, 0.5) is 10.1 Å². The average molecular weight is 381 g/mol. The Hall–Kier alpha value is -1.46. The van der Waals surface area contributed by atoms with Crippen molar-refractivity contribution in [1.82, 2.24) is 5.32 Å². The summed E-state index contributed by atoms with van der Waals surface area (Å²) in [5.41, 5.74) is 3.99. The summed E-state index contributed by atoms with van der Waals surface area (Å²) in [5.74, 6) is -0.350. The lowest BCUT2D eigenvalue weighted by Gasteiger charge is -2.18. The molecule has 0 saturated heterocycles. The van der Waals surface area contributed by atoms with Crippen molar-refractivity contribution in [3.63, 3.8) is 0 Å². The molecule has 0 radical (unpaired) electrons. The summed E-state index contributed by atoms with van der Waals surface area (Å²) in [6.45, 7) is 6.19. The van der Waals surface area contributed by atoms with E-state index in [1.807, 2.05) is 6.92 Å². The maximum atomic E-state index is 13.8. The lowest BCUT2D eigenvalue weighted by atomic mass is 10.0. The molecular formula is C17H18BrFN2S. The maximum Gasteiger partial charge on any atom is 0.171 e. The summed E-state index contributed by atoms with van der Waals surface area (Å²) < 4.78 is 14.5. The summed E-state index contributed by atoms with van der Waals surface area (Å²) in [6.07, 6.45) is 0. The van der Waals surface area contributed by atoms with Gasteiger partial charge in [-0.25, -0.2) is 4.39 Å². The Labute approximate surface area is 144 Å². The fourth-order valence-electron chi connectivity index (χ4n) is 2.06. The van der Waals surface area contributed by atoms with Crippen LogP contribution < -0.4 is 10.6 Å². The van der Waals surface area contributed by atoms with E-state index >= 15 is 0 Å². The predicted molar refractivity (Wildman–Crippen MR) is 97.8 cm³/mol. The van der Waals surface area contributed by atoms with Crippen LogP contribution >= 0.6 is 28.1 Å². The van der Waals surface area contributed by atoms with Crippen molar-refractivity contribution in [2.75, 3.05) is 5.32 Å². The highest BCUT2D eigenvalue weighted by atomic mass is 79.9. The topological polar surface area (TPSA) is 24.1 Å². The first kappa shape index (κ1) is 16.9. The van der Waals surface area contributed by atoms with Crippen LogP contribution in [0.15, 0.2) is 40.9 Å². The number of thiocarbonyl (C=S) groups is 1. The van der Waals surface area contributed by atoms with Crippen molar-refractivity contribution >= 4 is 38.9 Å².